The van der Waals surface area contributed by atoms with Crippen molar-refractivity contribution in [2.24, 2.45) is 5.73 Å². The van der Waals surface area contributed by atoms with E-state index in [1.54, 1.807) is 0 Å². The molecule has 0 rings (SSSR count). The fraction of sp³-hybridized carbons (Fsp3) is 0.909. The van der Waals surface area contributed by atoms with Crippen LogP contribution in [0.1, 0.15) is 46.5 Å². The molecule has 14 heavy (non-hydrogen) atoms. The van der Waals surface area contributed by atoms with Crippen molar-refractivity contribution >= 4 is 5.91 Å². The molecule has 0 fully saturated rings. The number of nitrogens with zero attached hydrogens (tertiary/aromatic N) is 1. The van der Waals surface area contributed by atoms with Crippen LogP contribution >= 0.6 is 0 Å². The van der Waals surface area contributed by atoms with Crippen LogP contribution in [0.5, 0.6) is 0 Å². The third-order valence-corrected chi connectivity index (χ3v) is 2.84. The zero-order valence-electron chi connectivity index (χ0n) is 9.92. The molecule has 0 saturated heterocycles. The monoisotopic (exact) mass is 200 g/mol. The summed E-state index contributed by atoms with van der Waals surface area (Å²) in [4.78, 5) is 13.6. The van der Waals surface area contributed by atoms with E-state index in [0.29, 0.717) is 12.5 Å². The van der Waals surface area contributed by atoms with Crippen molar-refractivity contribution in [3.8, 4) is 0 Å². The number of hydrogen-bond donors (Lipinski definition) is 1. The highest BCUT2D eigenvalue weighted by Gasteiger charge is 2.17. The van der Waals surface area contributed by atoms with E-state index >= 15 is 0 Å². The molecule has 3 nitrogen and oxygen atoms in total. The van der Waals surface area contributed by atoms with Crippen LogP contribution in [0.15, 0.2) is 0 Å². The third-order valence-electron chi connectivity index (χ3n) is 2.84. The average Bonchev–Trinajstić information content (AvgIpc) is 2.19. The van der Waals surface area contributed by atoms with Gasteiger partial charge in [0.05, 0.1) is 0 Å². The molecule has 84 valence electrons. The van der Waals surface area contributed by atoms with E-state index < -0.39 is 0 Å². The molecule has 0 aliphatic rings. The van der Waals surface area contributed by atoms with Gasteiger partial charge in [-0.2, -0.15) is 0 Å². The molecule has 2 N–H and O–H groups in total. The Morgan fingerprint density at radius 1 is 1.21 bits per heavy atom. The van der Waals surface area contributed by atoms with Crippen molar-refractivity contribution in [1.82, 2.24) is 4.90 Å². The molecule has 0 aliphatic heterocycles. The second kappa shape index (κ2) is 6.82. The molecular weight excluding hydrogens is 176 g/mol. The molecule has 0 aromatic carbocycles. The highest BCUT2D eigenvalue weighted by atomic mass is 16.2. The van der Waals surface area contributed by atoms with Gasteiger partial charge in [-0.25, -0.2) is 0 Å². The lowest BCUT2D eigenvalue weighted by atomic mass is 10.1. The van der Waals surface area contributed by atoms with Crippen molar-refractivity contribution in [2.45, 2.75) is 58.5 Å². The van der Waals surface area contributed by atoms with Crippen LogP contribution in [0.3, 0.4) is 0 Å². The Morgan fingerprint density at radius 2 is 1.71 bits per heavy atom. The fourth-order valence-electron chi connectivity index (χ4n) is 1.55. The van der Waals surface area contributed by atoms with Crippen molar-refractivity contribution in [3.05, 3.63) is 0 Å². The zero-order chi connectivity index (χ0) is 11.1. The molecule has 0 radical (unpaired) electrons. The van der Waals surface area contributed by atoms with Gasteiger partial charge in [0, 0.05) is 25.6 Å². The maximum absolute atomic E-state index is 11.7. The predicted octanol–water partition coefficient (Wildman–Crippen LogP) is 1.76. The van der Waals surface area contributed by atoms with Crippen LogP contribution in [0, 0.1) is 0 Å². The lowest BCUT2D eigenvalue weighted by molar-refractivity contribution is -0.132. The maximum atomic E-state index is 11.7. The molecule has 0 aliphatic carbocycles. The average molecular weight is 200 g/mol. The standard InChI is InChI=1S/C11H24N2O/c1-5-9(12)8-11(14)13(4)10(6-2)7-3/h9-10H,5-8,12H2,1-4H3. The minimum absolute atomic E-state index is 0.0133. The van der Waals surface area contributed by atoms with Crippen LogP contribution in [-0.4, -0.2) is 29.9 Å². The van der Waals surface area contributed by atoms with E-state index in [2.05, 4.69) is 13.8 Å². The van der Waals surface area contributed by atoms with E-state index in [1.807, 2.05) is 18.9 Å². The van der Waals surface area contributed by atoms with E-state index in [0.717, 1.165) is 19.3 Å². The molecule has 0 saturated carbocycles. The summed E-state index contributed by atoms with van der Waals surface area (Å²) < 4.78 is 0. The molecule has 0 bridgehead atoms. The first-order valence-corrected chi connectivity index (χ1v) is 5.57. The van der Waals surface area contributed by atoms with E-state index in [1.165, 1.54) is 0 Å². The summed E-state index contributed by atoms with van der Waals surface area (Å²) >= 11 is 0. The summed E-state index contributed by atoms with van der Waals surface area (Å²) in [6, 6.07) is 0.380. The van der Waals surface area contributed by atoms with Crippen LogP contribution < -0.4 is 5.73 Å². The molecule has 0 aromatic heterocycles. The first kappa shape index (κ1) is 13.4. The van der Waals surface area contributed by atoms with E-state index in [9.17, 15) is 4.79 Å². The Morgan fingerprint density at radius 3 is 2.07 bits per heavy atom. The summed E-state index contributed by atoms with van der Waals surface area (Å²) in [5.74, 6) is 0.174. The van der Waals surface area contributed by atoms with Crippen molar-refractivity contribution < 1.29 is 4.79 Å². The summed E-state index contributed by atoms with van der Waals surface area (Å²) in [5.41, 5.74) is 5.75. The first-order valence-electron chi connectivity index (χ1n) is 5.57. The molecular formula is C11H24N2O. The highest BCUT2D eigenvalue weighted by molar-refractivity contribution is 5.76. The van der Waals surface area contributed by atoms with Gasteiger partial charge in [0.15, 0.2) is 0 Å². The summed E-state index contributed by atoms with van der Waals surface area (Å²) in [7, 11) is 1.88. The molecule has 1 unspecified atom stereocenters. The van der Waals surface area contributed by atoms with Gasteiger partial charge < -0.3 is 10.6 Å². The van der Waals surface area contributed by atoms with E-state index in [-0.39, 0.29) is 11.9 Å². The Kier molecular flexibility index (Phi) is 6.54. The van der Waals surface area contributed by atoms with Crippen molar-refractivity contribution in [2.75, 3.05) is 7.05 Å². The zero-order valence-corrected chi connectivity index (χ0v) is 9.92. The number of hydrogen-bond acceptors (Lipinski definition) is 2. The van der Waals surface area contributed by atoms with Gasteiger partial charge in [0.25, 0.3) is 0 Å². The smallest absolute Gasteiger partial charge is 0.224 e. The molecule has 3 heteroatoms. The van der Waals surface area contributed by atoms with Crippen LogP contribution in [0.2, 0.25) is 0 Å². The maximum Gasteiger partial charge on any atom is 0.224 e. The van der Waals surface area contributed by atoms with Gasteiger partial charge in [-0.05, 0) is 19.3 Å². The fourth-order valence-corrected chi connectivity index (χ4v) is 1.55. The number of nitrogens with two attached hydrogens (primary N) is 1. The highest BCUT2D eigenvalue weighted by Crippen LogP contribution is 2.08. The Hall–Kier alpha value is -0.570. The number of carbonyl (C=O) groups is 1. The summed E-state index contributed by atoms with van der Waals surface area (Å²) in [6.07, 6.45) is 3.37. The molecule has 1 amide bonds. The molecule has 0 spiro atoms. The molecule has 0 heterocycles. The number of carbonyl (C=O) groups excluding carboxylic acids is 1. The van der Waals surface area contributed by atoms with Gasteiger partial charge in [-0.15, -0.1) is 0 Å². The first-order chi connectivity index (χ1) is 6.56. The topological polar surface area (TPSA) is 46.3 Å². The Balaban J connectivity index is 4.09. The molecule has 1 atom stereocenters. The summed E-state index contributed by atoms with van der Waals surface area (Å²) in [6.45, 7) is 6.23. The summed E-state index contributed by atoms with van der Waals surface area (Å²) in [5, 5.41) is 0. The quantitative estimate of drug-likeness (QED) is 0.710. The minimum Gasteiger partial charge on any atom is -0.343 e. The van der Waals surface area contributed by atoms with Crippen LogP contribution in [-0.2, 0) is 4.79 Å². The lowest BCUT2D eigenvalue weighted by Gasteiger charge is -2.27. The van der Waals surface area contributed by atoms with Gasteiger partial charge >= 0.3 is 0 Å². The van der Waals surface area contributed by atoms with E-state index in [4.69, 9.17) is 5.73 Å². The number of rotatable bonds is 6. The van der Waals surface area contributed by atoms with Gasteiger partial charge in [0.2, 0.25) is 5.91 Å². The second-order valence-corrected chi connectivity index (χ2v) is 3.85. The Bertz CT molecular complexity index is 167. The SMILES string of the molecule is CCC(N)CC(=O)N(C)C(CC)CC. The second-order valence-electron chi connectivity index (χ2n) is 3.85. The predicted molar refractivity (Wildman–Crippen MR) is 60.0 cm³/mol. The van der Waals surface area contributed by atoms with Crippen LogP contribution in [0.4, 0.5) is 0 Å². The minimum atomic E-state index is 0.0133. The third kappa shape index (κ3) is 4.09. The van der Waals surface area contributed by atoms with Gasteiger partial charge in [0.1, 0.15) is 0 Å². The molecule has 0 aromatic rings. The number of amides is 1. The van der Waals surface area contributed by atoms with Crippen molar-refractivity contribution in [1.29, 1.82) is 0 Å². The largest absolute Gasteiger partial charge is 0.343 e. The normalized spacial score (nSPS) is 13.0. The lowest BCUT2D eigenvalue weighted by Crippen LogP contribution is -2.39. The Labute approximate surface area is 87.6 Å². The van der Waals surface area contributed by atoms with Gasteiger partial charge in [-0.1, -0.05) is 20.8 Å². The van der Waals surface area contributed by atoms with Crippen molar-refractivity contribution in [3.63, 3.8) is 0 Å². The van der Waals surface area contributed by atoms with Gasteiger partial charge in [-0.3, -0.25) is 4.79 Å². The van der Waals surface area contributed by atoms with Crippen LogP contribution in [0.25, 0.3) is 0 Å².